The van der Waals surface area contributed by atoms with Gasteiger partial charge < -0.3 is 10.0 Å². The molecule has 0 heterocycles. The zero-order valence-electron chi connectivity index (χ0n) is 10.4. The standard InChI is InChI=1S/C13H16ClNO3/c1-3-15(7-6-12(16)17)13(18)11-8-10(14)5-4-9(11)2/h4-5,8H,3,6-7H2,1-2H3,(H,16,17). The largest absolute Gasteiger partial charge is 0.481 e. The van der Waals surface area contributed by atoms with Crippen LogP contribution in [0.1, 0.15) is 29.3 Å². The van der Waals surface area contributed by atoms with Crippen LogP contribution in [0, 0.1) is 6.92 Å². The molecule has 0 unspecified atom stereocenters. The van der Waals surface area contributed by atoms with E-state index >= 15 is 0 Å². The molecule has 0 bridgehead atoms. The summed E-state index contributed by atoms with van der Waals surface area (Å²) in [5.74, 6) is -1.09. The van der Waals surface area contributed by atoms with E-state index in [0.29, 0.717) is 17.1 Å². The number of rotatable bonds is 5. The summed E-state index contributed by atoms with van der Waals surface area (Å²) in [6.45, 7) is 4.32. The molecule has 0 radical (unpaired) electrons. The average molecular weight is 270 g/mol. The molecule has 0 aliphatic heterocycles. The zero-order valence-corrected chi connectivity index (χ0v) is 11.2. The molecule has 1 N–H and O–H groups in total. The van der Waals surface area contributed by atoms with Crippen LogP contribution >= 0.6 is 11.6 Å². The van der Waals surface area contributed by atoms with Gasteiger partial charge in [-0.1, -0.05) is 17.7 Å². The van der Waals surface area contributed by atoms with Gasteiger partial charge in [-0.05, 0) is 31.5 Å². The first kappa shape index (κ1) is 14.5. The molecule has 1 rings (SSSR count). The molecule has 1 aromatic carbocycles. The maximum atomic E-state index is 12.2. The lowest BCUT2D eigenvalue weighted by Gasteiger charge is -2.21. The number of carboxylic acids is 1. The number of hydrogen-bond donors (Lipinski definition) is 1. The molecular weight excluding hydrogens is 254 g/mol. The average Bonchev–Trinajstić information content (AvgIpc) is 2.32. The third-order valence-corrected chi connectivity index (χ3v) is 2.93. The number of halogens is 1. The summed E-state index contributed by atoms with van der Waals surface area (Å²) < 4.78 is 0. The topological polar surface area (TPSA) is 57.6 Å². The lowest BCUT2D eigenvalue weighted by Crippen LogP contribution is -2.33. The Labute approximate surface area is 111 Å². The molecule has 4 nitrogen and oxygen atoms in total. The molecule has 5 heteroatoms. The molecule has 1 aromatic rings. The fourth-order valence-corrected chi connectivity index (χ4v) is 1.80. The van der Waals surface area contributed by atoms with Crippen LogP contribution in [0.15, 0.2) is 18.2 Å². The van der Waals surface area contributed by atoms with E-state index in [4.69, 9.17) is 16.7 Å². The van der Waals surface area contributed by atoms with Crippen molar-refractivity contribution in [3.05, 3.63) is 34.3 Å². The summed E-state index contributed by atoms with van der Waals surface area (Å²) in [6, 6.07) is 5.12. The number of benzene rings is 1. The molecule has 0 aromatic heterocycles. The van der Waals surface area contributed by atoms with Crippen LogP contribution in [0.25, 0.3) is 0 Å². The number of aliphatic carboxylic acids is 1. The van der Waals surface area contributed by atoms with Crippen molar-refractivity contribution >= 4 is 23.5 Å². The van der Waals surface area contributed by atoms with Gasteiger partial charge in [0.05, 0.1) is 6.42 Å². The summed E-state index contributed by atoms with van der Waals surface area (Å²) in [6.07, 6.45) is -0.0564. The van der Waals surface area contributed by atoms with Gasteiger partial charge in [0, 0.05) is 23.7 Å². The Bertz CT molecular complexity index is 460. The molecule has 0 aliphatic rings. The second kappa shape index (κ2) is 6.40. The maximum Gasteiger partial charge on any atom is 0.305 e. The minimum Gasteiger partial charge on any atom is -0.481 e. The minimum absolute atomic E-state index is 0.0564. The normalized spacial score (nSPS) is 10.2. The van der Waals surface area contributed by atoms with Crippen LogP contribution in [0.4, 0.5) is 0 Å². The van der Waals surface area contributed by atoms with Crippen molar-refractivity contribution in [1.29, 1.82) is 0 Å². The highest BCUT2D eigenvalue weighted by Crippen LogP contribution is 2.17. The summed E-state index contributed by atoms with van der Waals surface area (Å²) in [7, 11) is 0. The Morgan fingerprint density at radius 1 is 1.39 bits per heavy atom. The van der Waals surface area contributed by atoms with Crippen LogP contribution in [0.3, 0.4) is 0 Å². The van der Waals surface area contributed by atoms with Crippen LogP contribution < -0.4 is 0 Å². The molecule has 0 aliphatic carbocycles. The third kappa shape index (κ3) is 3.74. The van der Waals surface area contributed by atoms with E-state index in [-0.39, 0.29) is 18.9 Å². The van der Waals surface area contributed by atoms with Crippen LogP contribution in [-0.4, -0.2) is 35.0 Å². The van der Waals surface area contributed by atoms with Gasteiger partial charge >= 0.3 is 5.97 Å². The van der Waals surface area contributed by atoms with Crippen molar-refractivity contribution in [3.63, 3.8) is 0 Å². The first-order chi connectivity index (χ1) is 8.45. The van der Waals surface area contributed by atoms with Crippen molar-refractivity contribution < 1.29 is 14.7 Å². The molecule has 0 saturated carbocycles. The summed E-state index contributed by atoms with van der Waals surface area (Å²) in [5, 5.41) is 9.15. The van der Waals surface area contributed by atoms with Crippen molar-refractivity contribution in [2.75, 3.05) is 13.1 Å². The van der Waals surface area contributed by atoms with E-state index in [0.717, 1.165) is 5.56 Å². The fraction of sp³-hybridized carbons (Fsp3) is 0.385. The highest BCUT2D eigenvalue weighted by atomic mass is 35.5. The second-order valence-electron chi connectivity index (χ2n) is 3.99. The molecule has 1 amide bonds. The van der Waals surface area contributed by atoms with Gasteiger partial charge in [-0.2, -0.15) is 0 Å². The quantitative estimate of drug-likeness (QED) is 0.894. The Hall–Kier alpha value is -1.55. The Kier molecular flexibility index (Phi) is 5.16. The molecule has 0 spiro atoms. The van der Waals surface area contributed by atoms with Gasteiger partial charge in [0.2, 0.25) is 0 Å². The highest BCUT2D eigenvalue weighted by Gasteiger charge is 2.17. The number of carbonyl (C=O) groups is 2. The first-order valence-electron chi connectivity index (χ1n) is 5.73. The number of nitrogens with zero attached hydrogens (tertiary/aromatic N) is 1. The van der Waals surface area contributed by atoms with Crippen LogP contribution in [-0.2, 0) is 4.79 Å². The number of hydrogen-bond acceptors (Lipinski definition) is 2. The SMILES string of the molecule is CCN(CCC(=O)O)C(=O)c1cc(Cl)ccc1C. The minimum atomic E-state index is -0.913. The summed E-state index contributed by atoms with van der Waals surface area (Å²) >= 11 is 5.87. The highest BCUT2D eigenvalue weighted by molar-refractivity contribution is 6.31. The van der Waals surface area contributed by atoms with E-state index < -0.39 is 5.97 Å². The van der Waals surface area contributed by atoms with Crippen molar-refractivity contribution in [1.82, 2.24) is 4.90 Å². The molecule has 0 fully saturated rings. The van der Waals surface area contributed by atoms with Crippen molar-refractivity contribution in [3.8, 4) is 0 Å². The molecule has 18 heavy (non-hydrogen) atoms. The predicted octanol–water partition coefficient (Wildman–Crippen LogP) is 2.59. The Morgan fingerprint density at radius 2 is 2.06 bits per heavy atom. The predicted molar refractivity (Wildman–Crippen MR) is 70.0 cm³/mol. The Morgan fingerprint density at radius 3 is 2.61 bits per heavy atom. The lowest BCUT2D eigenvalue weighted by atomic mass is 10.1. The summed E-state index contributed by atoms with van der Waals surface area (Å²) in [4.78, 5) is 24.3. The zero-order chi connectivity index (χ0) is 13.7. The van der Waals surface area contributed by atoms with Gasteiger partial charge in [-0.25, -0.2) is 0 Å². The summed E-state index contributed by atoms with van der Waals surface area (Å²) in [5.41, 5.74) is 1.35. The van der Waals surface area contributed by atoms with E-state index in [1.807, 2.05) is 13.8 Å². The monoisotopic (exact) mass is 269 g/mol. The van der Waals surface area contributed by atoms with Gasteiger partial charge in [0.1, 0.15) is 0 Å². The van der Waals surface area contributed by atoms with E-state index in [9.17, 15) is 9.59 Å². The number of amides is 1. The van der Waals surface area contributed by atoms with E-state index in [1.54, 1.807) is 18.2 Å². The first-order valence-corrected chi connectivity index (χ1v) is 6.10. The van der Waals surface area contributed by atoms with Gasteiger partial charge in [0.15, 0.2) is 0 Å². The molecule has 98 valence electrons. The van der Waals surface area contributed by atoms with Crippen molar-refractivity contribution in [2.45, 2.75) is 20.3 Å². The van der Waals surface area contributed by atoms with Gasteiger partial charge in [-0.3, -0.25) is 9.59 Å². The second-order valence-corrected chi connectivity index (χ2v) is 4.42. The molecular formula is C13H16ClNO3. The molecule has 0 atom stereocenters. The van der Waals surface area contributed by atoms with E-state index in [1.165, 1.54) is 4.90 Å². The van der Waals surface area contributed by atoms with Crippen LogP contribution in [0.2, 0.25) is 5.02 Å². The van der Waals surface area contributed by atoms with Crippen LogP contribution in [0.5, 0.6) is 0 Å². The van der Waals surface area contributed by atoms with Gasteiger partial charge in [0.25, 0.3) is 5.91 Å². The number of carbonyl (C=O) groups excluding carboxylic acids is 1. The van der Waals surface area contributed by atoms with Gasteiger partial charge in [-0.15, -0.1) is 0 Å². The Balaban J connectivity index is 2.89. The van der Waals surface area contributed by atoms with Crippen molar-refractivity contribution in [2.24, 2.45) is 0 Å². The number of carboxylic acid groups (broad SMARTS) is 1. The smallest absolute Gasteiger partial charge is 0.305 e. The fourth-order valence-electron chi connectivity index (χ4n) is 1.63. The van der Waals surface area contributed by atoms with E-state index in [2.05, 4.69) is 0 Å². The molecule has 0 saturated heterocycles. The third-order valence-electron chi connectivity index (χ3n) is 2.69. The lowest BCUT2D eigenvalue weighted by molar-refractivity contribution is -0.137. The number of aryl methyl sites for hydroxylation is 1. The maximum absolute atomic E-state index is 12.2.